The maximum atomic E-state index is 14.0. The Balaban J connectivity index is 2.76. The Morgan fingerprint density at radius 2 is 2.00 bits per heavy atom. The average Bonchev–Trinajstić information content (AvgIpc) is 2.45. The van der Waals surface area contributed by atoms with Gasteiger partial charge in [-0.2, -0.15) is 0 Å². The van der Waals surface area contributed by atoms with Gasteiger partial charge in [0.25, 0.3) is 5.91 Å². The summed E-state index contributed by atoms with van der Waals surface area (Å²) >= 11 is 0. The lowest BCUT2D eigenvalue weighted by Crippen LogP contribution is -2.32. The monoisotopic (exact) mass is 309 g/mol. The van der Waals surface area contributed by atoms with Crippen molar-refractivity contribution in [3.63, 3.8) is 0 Å². The normalized spacial score (nSPS) is 10.6. The molecule has 5 nitrogen and oxygen atoms in total. The minimum atomic E-state index is -0.607. The number of likely N-dealkylation sites (N-methyl/N-ethyl adjacent to an activating group) is 2. The fourth-order valence-electron chi connectivity index (χ4n) is 1.92. The molecule has 0 atom stereocenters. The first-order valence-corrected chi connectivity index (χ1v) is 7.34. The molecule has 2 amide bonds. The smallest absolute Gasteiger partial charge is 0.253 e. The fraction of sp³-hybridized carbons (Fsp3) is 0.500. The van der Waals surface area contributed by atoms with Gasteiger partial charge in [0, 0.05) is 32.1 Å². The lowest BCUT2D eigenvalue weighted by molar-refractivity contribution is -0.116. The first-order valence-electron chi connectivity index (χ1n) is 7.34. The highest BCUT2D eigenvalue weighted by molar-refractivity contribution is 5.95. The van der Waals surface area contributed by atoms with Gasteiger partial charge < -0.3 is 15.5 Å². The molecule has 0 spiro atoms. The lowest BCUT2D eigenvalue weighted by Gasteiger charge is -2.17. The second-order valence-electron chi connectivity index (χ2n) is 5.67. The summed E-state index contributed by atoms with van der Waals surface area (Å²) in [6.45, 7) is 5.02. The maximum Gasteiger partial charge on any atom is 0.253 e. The summed E-state index contributed by atoms with van der Waals surface area (Å²) in [6.07, 6.45) is 0.326. The van der Waals surface area contributed by atoms with E-state index in [2.05, 4.69) is 10.6 Å². The molecule has 0 unspecified atom stereocenters. The van der Waals surface area contributed by atoms with E-state index in [0.717, 1.165) is 6.07 Å². The van der Waals surface area contributed by atoms with Gasteiger partial charge in [-0.05, 0) is 31.2 Å². The SMILES string of the molecule is CNCCN(C)C(=O)c1ccc(NC(=O)CC(C)C)c(F)c1. The molecule has 1 rings (SSSR count). The van der Waals surface area contributed by atoms with Crippen molar-refractivity contribution in [1.82, 2.24) is 10.2 Å². The second-order valence-corrected chi connectivity index (χ2v) is 5.67. The van der Waals surface area contributed by atoms with E-state index >= 15 is 0 Å². The summed E-state index contributed by atoms with van der Waals surface area (Å²) < 4.78 is 14.0. The Morgan fingerprint density at radius 1 is 1.32 bits per heavy atom. The molecular weight excluding hydrogens is 285 g/mol. The van der Waals surface area contributed by atoms with E-state index in [-0.39, 0.29) is 29.0 Å². The van der Waals surface area contributed by atoms with E-state index in [0.29, 0.717) is 19.5 Å². The van der Waals surface area contributed by atoms with Crippen molar-refractivity contribution in [3.8, 4) is 0 Å². The quantitative estimate of drug-likeness (QED) is 0.811. The van der Waals surface area contributed by atoms with Crippen LogP contribution in [0.2, 0.25) is 0 Å². The van der Waals surface area contributed by atoms with E-state index in [1.54, 1.807) is 14.1 Å². The van der Waals surface area contributed by atoms with Crippen LogP contribution in [-0.4, -0.2) is 43.9 Å². The van der Waals surface area contributed by atoms with Crippen LogP contribution >= 0.6 is 0 Å². The van der Waals surface area contributed by atoms with E-state index < -0.39 is 5.82 Å². The van der Waals surface area contributed by atoms with Crippen LogP contribution in [0.25, 0.3) is 0 Å². The summed E-state index contributed by atoms with van der Waals surface area (Å²) in [5.41, 5.74) is 0.359. The zero-order valence-corrected chi connectivity index (χ0v) is 13.6. The van der Waals surface area contributed by atoms with Crippen LogP contribution in [0.5, 0.6) is 0 Å². The van der Waals surface area contributed by atoms with Crippen LogP contribution in [0.15, 0.2) is 18.2 Å². The largest absolute Gasteiger partial charge is 0.340 e. The molecule has 6 heteroatoms. The first kappa shape index (κ1) is 18.1. The number of anilines is 1. The van der Waals surface area contributed by atoms with Crippen LogP contribution < -0.4 is 10.6 Å². The zero-order valence-electron chi connectivity index (χ0n) is 13.6. The third-order valence-corrected chi connectivity index (χ3v) is 3.13. The van der Waals surface area contributed by atoms with Crippen molar-refractivity contribution in [3.05, 3.63) is 29.6 Å². The highest BCUT2D eigenvalue weighted by atomic mass is 19.1. The standard InChI is InChI=1S/C16H24FN3O2/c1-11(2)9-15(21)19-14-6-5-12(10-13(14)17)16(22)20(4)8-7-18-3/h5-6,10-11,18H,7-9H2,1-4H3,(H,19,21). The van der Waals surface area contributed by atoms with Crippen LogP contribution in [-0.2, 0) is 4.79 Å². The molecule has 0 aliphatic heterocycles. The number of hydrogen-bond acceptors (Lipinski definition) is 3. The molecule has 0 saturated heterocycles. The number of carbonyl (C=O) groups is 2. The van der Waals surface area contributed by atoms with Gasteiger partial charge in [-0.25, -0.2) is 4.39 Å². The van der Waals surface area contributed by atoms with Crippen molar-refractivity contribution < 1.29 is 14.0 Å². The Hall–Kier alpha value is -1.95. The van der Waals surface area contributed by atoms with Crippen LogP contribution in [0.1, 0.15) is 30.6 Å². The minimum Gasteiger partial charge on any atom is -0.340 e. The van der Waals surface area contributed by atoms with Crippen LogP contribution in [0, 0.1) is 11.7 Å². The van der Waals surface area contributed by atoms with Gasteiger partial charge in [-0.3, -0.25) is 9.59 Å². The summed E-state index contributed by atoms with van der Waals surface area (Å²) in [6, 6.07) is 4.10. The number of hydrogen-bond donors (Lipinski definition) is 2. The Kier molecular flexibility index (Phi) is 6.98. The van der Waals surface area contributed by atoms with Crippen molar-refractivity contribution in [1.29, 1.82) is 0 Å². The van der Waals surface area contributed by atoms with Crippen molar-refractivity contribution in [2.45, 2.75) is 20.3 Å². The Labute approximate surface area is 130 Å². The van der Waals surface area contributed by atoms with E-state index in [9.17, 15) is 14.0 Å². The molecule has 0 radical (unpaired) electrons. The Bertz CT molecular complexity index is 532. The predicted molar refractivity (Wildman–Crippen MR) is 85.4 cm³/mol. The van der Waals surface area contributed by atoms with Gasteiger partial charge in [-0.1, -0.05) is 13.8 Å². The Morgan fingerprint density at radius 3 is 2.55 bits per heavy atom. The third-order valence-electron chi connectivity index (χ3n) is 3.13. The van der Waals surface area contributed by atoms with Crippen molar-refractivity contribution in [2.24, 2.45) is 5.92 Å². The van der Waals surface area contributed by atoms with Crippen LogP contribution in [0.4, 0.5) is 10.1 Å². The van der Waals surface area contributed by atoms with Crippen molar-refractivity contribution in [2.75, 3.05) is 32.5 Å². The van der Waals surface area contributed by atoms with Gasteiger partial charge in [0.15, 0.2) is 0 Å². The molecule has 122 valence electrons. The highest BCUT2D eigenvalue weighted by Gasteiger charge is 2.15. The molecule has 1 aromatic carbocycles. The fourth-order valence-corrected chi connectivity index (χ4v) is 1.92. The maximum absolute atomic E-state index is 14.0. The topological polar surface area (TPSA) is 61.4 Å². The van der Waals surface area contributed by atoms with Gasteiger partial charge in [0.05, 0.1) is 5.69 Å². The molecule has 0 aliphatic carbocycles. The van der Waals surface area contributed by atoms with Gasteiger partial charge in [0.2, 0.25) is 5.91 Å². The number of rotatable bonds is 7. The summed E-state index contributed by atoms with van der Waals surface area (Å²) in [4.78, 5) is 25.3. The zero-order chi connectivity index (χ0) is 16.7. The van der Waals surface area contributed by atoms with E-state index in [4.69, 9.17) is 0 Å². The molecule has 0 bridgehead atoms. The lowest BCUT2D eigenvalue weighted by atomic mass is 10.1. The molecule has 0 heterocycles. The van der Waals surface area contributed by atoms with Crippen molar-refractivity contribution >= 4 is 17.5 Å². The molecule has 0 fully saturated rings. The number of benzene rings is 1. The molecule has 0 saturated carbocycles. The molecular formula is C16H24FN3O2. The van der Waals surface area contributed by atoms with Gasteiger partial charge in [-0.15, -0.1) is 0 Å². The molecule has 22 heavy (non-hydrogen) atoms. The van der Waals surface area contributed by atoms with Gasteiger partial charge >= 0.3 is 0 Å². The number of halogens is 1. The summed E-state index contributed by atoms with van der Waals surface area (Å²) in [5.74, 6) is -0.900. The molecule has 0 aliphatic rings. The molecule has 1 aromatic rings. The summed E-state index contributed by atoms with van der Waals surface area (Å²) in [7, 11) is 3.46. The minimum absolute atomic E-state index is 0.0973. The second kappa shape index (κ2) is 8.48. The number of carbonyl (C=O) groups excluding carboxylic acids is 2. The first-order chi connectivity index (χ1) is 10.3. The number of nitrogens with one attached hydrogen (secondary N) is 2. The van der Waals surface area contributed by atoms with Crippen LogP contribution in [0.3, 0.4) is 0 Å². The van der Waals surface area contributed by atoms with E-state index in [1.165, 1.54) is 17.0 Å². The summed E-state index contributed by atoms with van der Waals surface area (Å²) in [5, 5.41) is 5.47. The third kappa shape index (κ3) is 5.44. The highest BCUT2D eigenvalue weighted by Crippen LogP contribution is 2.17. The predicted octanol–water partition coefficient (Wildman–Crippen LogP) is 2.10. The van der Waals surface area contributed by atoms with Gasteiger partial charge in [0.1, 0.15) is 5.82 Å². The number of amides is 2. The molecule has 0 aromatic heterocycles. The molecule has 2 N–H and O–H groups in total. The van der Waals surface area contributed by atoms with E-state index in [1.807, 2.05) is 13.8 Å². The number of nitrogens with zero attached hydrogens (tertiary/aromatic N) is 1. The average molecular weight is 309 g/mol.